The first kappa shape index (κ1) is 14.2. The molecule has 0 aliphatic carbocycles. The Bertz CT molecular complexity index is 577. The second-order valence-electron chi connectivity index (χ2n) is 4.96. The van der Waals surface area contributed by atoms with Gasteiger partial charge >= 0.3 is 0 Å². The number of thiophene rings is 1. The topological polar surface area (TPSA) is 64.1 Å². The molecule has 2 aromatic rings. The van der Waals surface area contributed by atoms with Crippen molar-refractivity contribution >= 4 is 17.2 Å². The highest BCUT2D eigenvalue weighted by Crippen LogP contribution is 2.24. The highest BCUT2D eigenvalue weighted by molar-refractivity contribution is 7.12. The lowest BCUT2D eigenvalue weighted by Crippen LogP contribution is -2.22. The van der Waals surface area contributed by atoms with Gasteiger partial charge in [0, 0.05) is 31.1 Å². The fourth-order valence-corrected chi connectivity index (χ4v) is 2.88. The average molecular weight is 303 g/mol. The highest BCUT2D eigenvalue weighted by Gasteiger charge is 2.18. The smallest absolute Gasteiger partial charge is 0.261 e. The van der Waals surface area contributed by atoms with Gasteiger partial charge in [-0.1, -0.05) is 6.07 Å². The molecule has 1 unspecified atom stereocenters. The summed E-state index contributed by atoms with van der Waals surface area (Å²) in [6.07, 6.45) is 6.79. The molecule has 1 fully saturated rings. The molecule has 1 amide bonds. The Morgan fingerprint density at radius 1 is 1.38 bits per heavy atom. The molecule has 3 heterocycles. The number of nitrogens with one attached hydrogen (secondary N) is 1. The van der Waals surface area contributed by atoms with Crippen LogP contribution in [0.15, 0.2) is 29.9 Å². The summed E-state index contributed by atoms with van der Waals surface area (Å²) in [6.45, 7) is 1.22. The van der Waals surface area contributed by atoms with Gasteiger partial charge in [-0.3, -0.25) is 4.79 Å². The predicted octanol–water partition coefficient (Wildman–Crippen LogP) is 2.71. The Balaban J connectivity index is 1.55. The molecule has 2 aromatic heterocycles. The fraction of sp³-hybridized carbons (Fsp3) is 0.400. The molecule has 110 valence electrons. The van der Waals surface area contributed by atoms with Gasteiger partial charge in [0.05, 0.1) is 4.88 Å². The molecule has 1 aliphatic heterocycles. The van der Waals surface area contributed by atoms with Crippen LogP contribution in [0.5, 0.6) is 0 Å². The van der Waals surface area contributed by atoms with E-state index in [1.807, 2.05) is 11.4 Å². The maximum atomic E-state index is 11.8. The van der Waals surface area contributed by atoms with E-state index in [0.717, 1.165) is 37.3 Å². The first-order chi connectivity index (χ1) is 10.3. The molecule has 1 aliphatic rings. The summed E-state index contributed by atoms with van der Waals surface area (Å²) in [7, 11) is 0. The molecule has 6 heteroatoms. The van der Waals surface area contributed by atoms with Crippen LogP contribution >= 0.6 is 11.3 Å². The zero-order chi connectivity index (χ0) is 14.5. The van der Waals surface area contributed by atoms with Gasteiger partial charge in [-0.2, -0.15) is 0 Å². The van der Waals surface area contributed by atoms with Gasteiger partial charge in [-0.15, -0.1) is 11.3 Å². The zero-order valence-electron chi connectivity index (χ0n) is 11.6. The minimum absolute atomic E-state index is 0.0218. The van der Waals surface area contributed by atoms with Crippen molar-refractivity contribution in [2.24, 2.45) is 0 Å². The van der Waals surface area contributed by atoms with E-state index in [0.29, 0.717) is 11.4 Å². The number of carbonyl (C=O) groups excluding carboxylic acids is 1. The maximum Gasteiger partial charge on any atom is 0.261 e. The van der Waals surface area contributed by atoms with Gasteiger partial charge in [-0.05, 0) is 30.7 Å². The molecular weight excluding hydrogens is 286 g/mol. The standard InChI is InChI=1S/C15H17N3O2S/c19-15(13-5-3-7-21-13)18-10-11-8-16-14(17-9-11)12-4-1-2-6-20-12/h3,5,7-9,12H,1-2,4,6,10H2,(H,18,19). The van der Waals surface area contributed by atoms with Crippen molar-refractivity contribution in [3.63, 3.8) is 0 Å². The Labute approximate surface area is 127 Å². The first-order valence-corrected chi connectivity index (χ1v) is 7.95. The van der Waals surface area contributed by atoms with Crippen molar-refractivity contribution in [2.75, 3.05) is 6.61 Å². The van der Waals surface area contributed by atoms with Crippen LogP contribution in [0.1, 0.15) is 46.4 Å². The van der Waals surface area contributed by atoms with Crippen LogP contribution in [0, 0.1) is 0 Å². The minimum Gasteiger partial charge on any atom is -0.370 e. The highest BCUT2D eigenvalue weighted by atomic mass is 32.1. The largest absolute Gasteiger partial charge is 0.370 e. The minimum atomic E-state index is -0.0651. The summed E-state index contributed by atoms with van der Waals surface area (Å²) in [5.74, 6) is 0.674. The van der Waals surface area contributed by atoms with Gasteiger partial charge in [0.2, 0.25) is 0 Å². The van der Waals surface area contributed by atoms with Gasteiger partial charge in [0.15, 0.2) is 5.82 Å². The summed E-state index contributed by atoms with van der Waals surface area (Å²) >= 11 is 1.43. The van der Waals surface area contributed by atoms with Crippen molar-refractivity contribution < 1.29 is 9.53 Å². The van der Waals surface area contributed by atoms with Crippen molar-refractivity contribution in [3.05, 3.63) is 46.2 Å². The molecule has 21 heavy (non-hydrogen) atoms. The summed E-state index contributed by atoms with van der Waals surface area (Å²) in [5.41, 5.74) is 0.888. The van der Waals surface area contributed by atoms with Gasteiger partial charge < -0.3 is 10.1 Å². The fourth-order valence-electron chi connectivity index (χ4n) is 2.24. The molecule has 1 N–H and O–H groups in total. The van der Waals surface area contributed by atoms with E-state index in [-0.39, 0.29) is 12.0 Å². The maximum absolute atomic E-state index is 11.8. The number of ether oxygens (including phenoxy) is 1. The number of nitrogens with zero attached hydrogens (tertiary/aromatic N) is 2. The van der Waals surface area contributed by atoms with Crippen LogP contribution in [0.2, 0.25) is 0 Å². The lowest BCUT2D eigenvalue weighted by molar-refractivity contribution is 0.00940. The zero-order valence-corrected chi connectivity index (χ0v) is 12.4. The molecule has 5 nitrogen and oxygen atoms in total. The van der Waals surface area contributed by atoms with Crippen LogP contribution in [0.3, 0.4) is 0 Å². The second-order valence-corrected chi connectivity index (χ2v) is 5.91. The van der Waals surface area contributed by atoms with Crippen LogP contribution in [0.4, 0.5) is 0 Å². The Hall–Kier alpha value is -1.79. The predicted molar refractivity (Wildman–Crippen MR) is 80.1 cm³/mol. The number of hydrogen-bond acceptors (Lipinski definition) is 5. The van der Waals surface area contributed by atoms with E-state index >= 15 is 0 Å². The van der Waals surface area contributed by atoms with Gasteiger partial charge in [0.1, 0.15) is 6.10 Å². The molecule has 0 bridgehead atoms. The van der Waals surface area contributed by atoms with Crippen molar-refractivity contribution in [2.45, 2.75) is 31.9 Å². The summed E-state index contributed by atoms with van der Waals surface area (Å²) in [4.78, 5) is 21.3. The van der Waals surface area contributed by atoms with E-state index in [9.17, 15) is 4.79 Å². The van der Waals surface area contributed by atoms with E-state index in [4.69, 9.17) is 4.74 Å². The summed E-state index contributed by atoms with van der Waals surface area (Å²) < 4.78 is 5.66. The molecular formula is C15H17N3O2S. The van der Waals surface area contributed by atoms with E-state index < -0.39 is 0 Å². The van der Waals surface area contributed by atoms with Crippen LogP contribution in [-0.4, -0.2) is 22.5 Å². The molecule has 0 radical (unpaired) electrons. The van der Waals surface area contributed by atoms with E-state index in [1.54, 1.807) is 18.5 Å². The van der Waals surface area contributed by atoms with Crippen LogP contribution < -0.4 is 5.32 Å². The van der Waals surface area contributed by atoms with Crippen LogP contribution in [0.25, 0.3) is 0 Å². The van der Waals surface area contributed by atoms with Crippen LogP contribution in [-0.2, 0) is 11.3 Å². The number of carbonyl (C=O) groups is 1. The van der Waals surface area contributed by atoms with Crippen molar-refractivity contribution in [1.29, 1.82) is 0 Å². The number of rotatable bonds is 4. The van der Waals surface area contributed by atoms with Gasteiger partial charge in [0.25, 0.3) is 5.91 Å². The van der Waals surface area contributed by atoms with Crippen molar-refractivity contribution in [3.8, 4) is 0 Å². The molecule has 1 saturated heterocycles. The molecule has 0 aromatic carbocycles. The second kappa shape index (κ2) is 6.78. The Morgan fingerprint density at radius 2 is 2.24 bits per heavy atom. The quantitative estimate of drug-likeness (QED) is 0.943. The third-order valence-electron chi connectivity index (χ3n) is 3.39. The van der Waals surface area contributed by atoms with Gasteiger partial charge in [-0.25, -0.2) is 9.97 Å². The average Bonchev–Trinajstić information content (AvgIpc) is 3.08. The monoisotopic (exact) mass is 303 g/mol. The molecule has 3 rings (SSSR count). The van der Waals surface area contributed by atoms with E-state index in [2.05, 4.69) is 15.3 Å². The van der Waals surface area contributed by atoms with Crippen molar-refractivity contribution in [1.82, 2.24) is 15.3 Å². The lowest BCUT2D eigenvalue weighted by Gasteiger charge is -2.21. The Kier molecular flexibility index (Phi) is 4.57. The summed E-state index contributed by atoms with van der Waals surface area (Å²) in [5, 5.41) is 4.75. The first-order valence-electron chi connectivity index (χ1n) is 7.07. The Morgan fingerprint density at radius 3 is 2.90 bits per heavy atom. The third-order valence-corrected chi connectivity index (χ3v) is 4.26. The number of aromatic nitrogens is 2. The third kappa shape index (κ3) is 3.65. The van der Waals surface area contributed by atoms with E-state index in [1.165, 1.54) is 11.3 Å². The lowest BCUT2D eigenvalue weighted by atomic mass is 10.1. The summed E-state index contributed by atoms with van der Waals surface area (Å²) in [6, 6.07) is 3.67. The number of hydrogen-bond donors (Lipinski definition) is 1. The number of amides is 1. The molecule has 0 spiro atoms. The molecule has 0 saturated carbocycles. The molecule has 1 atom stereocenters. The SMILES string of the molecule is O=C(NCc1cnc(C2CCCCO2)nc1)c1cccs1. The normalized spacial score (nSPS) is 18.4.